The van der Waals surface area contributed by atoms with Crippen LogP contribution in [0.25, 0.3) is 0 Å². The molecule has 4 rings (SSSR count). The monoisotopic (exact) mass is 413 g/mol. The summed E-state index contributed by atoms with van der Waals surface area (Å²) >= 11 is 0. The molecule has 10 heteroatoms. The van der Waals surface area contributed by atoms with E-state index < -0.39 is 0 Å². The minimum absolute atomic E-state index is 0.0772. The van der Waals surface area contributed by atoms with Crippen LogP contribution in [0.1, 0.15) is 34.0 Å². The average molecular weight is 413 g/mol. The summed E-state index contributed by atoms with van der Waals surface area (Å²) in [6.07, 6.45) is 2.94. The molecule has 10 nitrogen and oxygen atoms in total. The van der Waals surface area contributed by atoms with Gasteiger partial charge in [-0.3, -0.25) is 9.78 Å². The van der Waals surface area contributed by atoms with E-state index in [1.54, 1.807) is 25.4 Å². The Labute approximate surface area is 173 Å². The van der Waals surface area contributed by atoms with Crippen molar-refractivity contribution in [2.75, 3.05) is 19.8 Å². The third kappa shape index (κ3) is 4.78. The van der Waals surface area contributed by atoms with Crippen LogP contribution in [0.15, 0.2) is 35.7 Å². The molecule has 1 saturated heterocycles. The lowest BCUT2D eigenvalue weighted by atomic mass is 10.0. The fourth-order valence-electron chi connectivity index (χ4n) is 3.23. The van der Waals surface area contributed by atoms with Gasteiger partial charge >= 0.3 is 0 Å². The number of amides is 1. The number of nitrogens with zero attached hydrogens (tertiary/aromatic N) is 4. The van der Waals surface area contributed by atoms with Gasteiger partial charge in [0.15, 0.2) is 6.10 Å². The molecule has 30 heavy (non-hydrogen) atoms. The Morgan fingerprint density at radius 1 is 1.20 bits per heavy atom. The number of hydrogen-bond donors (Lipinski definition) is 2. The Kier molecular flexibility index (Phi) is 6.26. The van der Waals surface area contributed by atoms with Crippen LogP contribution in [-0.4, -0.2) is 69.8 Å². The number of aryl methyl sites for hydroxylation is 1. The van der Waals surface area contributed by atoms with Gasteiger partial charge < -0.3 is 24.7 Å². The standard InChI is InChI=1S/C20H23N5O5/c1-12-23-15(6-17(24-12)20(27)22-8-13-2-4-21-5-3-13)16-7-18(30-25-16)19-11-28-14(9-26)10-29-19/h2-6,14,18-19,26H,7-11H2,1H3,(H,22,27)/t14-,18?,19-/m1/s1. The Hall–Kier alpha value is -2.95. The van der Waals surface area contributed by atoms with E-state index in [4.69, 9.17) is 19.4 Å². The third-order valence-electron chi connectivity index (χ3n) is 4.87. The van der Waals surface area contributed by atoms with Crippen LogP contribution in [0, 0.1) is 6.92 Å². The molecule has 158 valence electrons. The quantitative estimate of drug-likeness (QED) is 0.696. The number of aliphatic hydroxyl groups is 1. The summed E-state index contributed by atoms with van der Waals surface area (Å²) in [6.45, 7) is 2.66. The first kappa shape index (κ1) is 20.3. The molecule has 2 aliphatic heterocycles. The van der Waals surface area contributed by atoms with Gasteiger partial charge in [0, 0.05) is 25.4 Å². The molecule has 0 aromatic carbocycles. The summed E-state index contributed by atoms with van der Waals surface area (Å²) in [6, 6.07) is 5.28. The number of pyridine rings is 1. The summed E-state index contributed by atoms with van der Waals surface area (Å²) in [5.74, 6) is 0.171. The zero-order valence-electron chi connectivity index (χ0n) is 16.5. The Morgan fingerprint density at radius 2 is 2.03 bits per heavy atom. The van der Waals surface area contributed by atoms with Gasteiger partial charge in [0.2, 0.25) is 0 Å². The predicted octanol–water partition coefficient (Wildman–Crippen LogP) is 0.379. The predicted molar refractivity (Wildman–Crippen MR) is 105 cm³/mol. The van der Waals surface area contributed by atoms with E-state index in [-0.39, 0.29) is 36.5 Å². The zero-order valence-corrected chi connectivity index (χ0v) is 16.5. The largest absolute Gasteiger partial charge is 0.394 e. The van der Waals surface area contributed by atoms with Gasteiger partial charge in [-0.25, -0.2) is 9.97 Å². The lowest BCUT2D eigenvalue weighted by Crippen LogP contribution is -2.43. The highest BCUT2D eigenvalue weighted by Gasteiger charge is 2.35. The van der Waals surface area contributed by atoms with Gasteiger partial charge in [0.1, 0.15) is 29.4 Å². The second-order valence-electron chi connectivity index (χ2n) is 7.12. The van der Waals surface area contributed by atoms with Crippen LogP contribution >= 0.6 is 0 Å². The smallest absolute Gasteiger partial charge is 0.270 e. The van der Waals surface area contributed by atoms with Gasteiger partial charge in [0.05, 0.1) is 25.5 Å². The minimum atomic E-state index is -0.307. The summed E-state index contributed by atoms with van der Waals surface area (Å²) < 4.78 is 11.3. The molecule has 2 N–H and O–H groups in total. The molecule has 2 aromatic rings. The molecule has 0 aliphatic carbocycles. The van der Waals surface area contributed by atoms with Gasteiger partial charge in [-0.2, -0.15) is 0 Å². The molecular formula is C20H23N5O5. The Morgan fingerprint density at radius 3 is 2.77 bits per heavy atom. The van der Waals surface area contributed by atoms with Crippen LogP contribution in [0.4, 0.5) is 0 Å². The van der Waals surface area contributed by atoms with E-state index in [1.165, 1.54) is 0 Å². The number of rotatable bonds is 6. The van der Waals surface area contributed by atoms with Crippen LogP contribution < -0.4 is 5.32 Å². The average Bonchev–Trinajstić information content (AvgIpc) is 3.28. The summed E-state index contributed by atoms with van der Waals surface area (Å²) in [5.41, 5.74) is 2.38. The maximum absolute atomic E-state index is 12.6. The van der Waals surface area contributed by atoms with Gasteiger partial charge in [0.25, 0.3) is 5.91 Å². The first-order valence-corrected chi connectivity index (χ1v) is 9.72. The number of hydrogen-bond acceptors (Lipinski definition) is 9. The first-order valence-electron chi connectivity index (χ1n) is 9.72. The second-order valence-corrected chi connectivity index (χ2v) is 7.12. The Balaban J connectivity index is 1.39. The van der Waals surface area contributed by atoms with Crippen molar-refractivity contribution >= 4 is 11.6 Å². The molecule has 4 heterocycles. The molecule has 3 atom stereocenters. The van der Waals surface area contributed by atoms with E-state index in [2.05, 4.69) is 25.4 Å². The maximum atomic E-state index is 12.6. The summed E-state index contributed by atoms with van der Waals surface area (Å²) in [5, 5.41) is 16.1. The molecular weight excluding hydrogens is 390 g/mol. The summed E-state index contributed by atoms with van der Waals surface area (Å²) in [7, 11) is 0. The number of oxime groups is 1. The molecule has 1 amide bonds. The third-order valence-corrected chi connectivity index (χ3v) is 4.87. The molecule has 2 aromatic heterocycles. The van der Waals surface area contributed by atoms with E-state index in [0.717, 1.165) is 5.56 Å². The van der Waals surface area contributed by atoms with Crippen molar-refractivity contribution in [3.63, 3.8) is 0 Å². The van der Waals surface area contributed by atoms with E-state index in [1.807, 2.05) is 12.1 Å². The van der Waals surface area contributed by atoms with Crippen LogP contribution in [0.5, 0.6) is 0 Å². The maximum Gasteiger partial charge on any atom is 0.270 e. The van der Waals surface area contributed by atoms with Crippen LogP contribution in [0.3, 0.4) is 0 Å². The molecule has 0 radical (unpaired) electrons. The fraction of sp³-hybridized carbons (Fsp3) is 0.450. The molecule has 1 fully saturated rings. The lowest BCUT2D eigenvalue weighted by Gasteiger charge is -2.30. The molecule has 2 aliphatic rings. The van der Waals surface area contributed by atoms with Crippen molar-refractivity contribution < 1.29 is 24.2 Å². The number of aliphatic hydroxyl groups excluding tert-OH is 1. The number of nitrogens with one attached hydrogen (secondary N) is 1. The van der Waals surface area contributed by atoms with Crippen molar-refractivity contribution in [2.24, 2.45) is 5.16 Å². The Bertz CT molecular complexity index is 915. The summed E-state index contributed by atoms with van der Waals surface area (Å²) in [4.78, 5) is 30.7. The fourth-order valence-corrected chi connectivity index (χ4v) is 3.23. The van der Waals surface area contributed by atoms with E-state index >= 15 is 0 Å². The van der Waals surface area contributed by atoms with Gasteiger partial charge in [-0.05, 0) is 30.7 Å². The van der Waals surface area contributed by atoms with Crippen LogP contribution in [-0.2, 0) is 20.9 Å². The van der Waals surface area contributed by atoms with Crippen LogP contribution in [0.2, 0.25) is 0 Å². The van der Waals surface area contributed by atoms with Crippen molar-refractivity contribution in [1.29, 1.82) is 0 Å². The van der Waals surface area contributed by atoms with E-state index in [0.29, 0.717) is 43.4 Å². The number of aromatic nitrogens is 3. The van der Waals surface area contributed by atoms with Crippen molar-refractivity contribution in [3.05, 3.63) is 53.4 Å². The number of carbonyl (C=O) groups excluding carboxylic acids is 1. The lowest BCUT2D eigenvalue weighted by molar-refractivity contribution is -0.178. The van der Waals surface area contributed by atoms with Gasteiger partial charge in [-0.1, -0.05) is 5.16 Å². The molecule has 0 spiro atoms. The normalized spacial score (nSPS) is 23.5. The highest BCUT2D eigenvalue weighted by molar-refractivity contribution is 6.01. The first-order chi connectivity index (χ1) is 14.6. The van der Waals surface area contributed by atoms with Gasteiger partial charge in [-0.15, -0.1) is 0 Å². The van der Waals surface area contributed by atoms with Crippen molar-refractivity contribution in [3.8, 4) is 0 Å². The number of carbonyl (C=O) groups is 1. The van der Waals surface area contributed by atoms with E-state index in [9.17, 15) is 4.79 Å². The topological polar surface area (TPSA) is 128 Å². The number of ether oxygens (including phenoxy) is 2. The van der Waals surface area contributed by atoms with Crippen molar-refractivity contribution in [2.45, 2.75) is 38.2 Å². The van der Waals surface area contributed by atoms with Crippen molar-refractivity contribution in [1.82, 2.24) is 20.3 Å². The molecule has 0 saturated carbocycles. The highest BCUT2D eigenvalue weighted by Crippen LogP contribution is 2.23. The minimum Gasteiger partial charge on any atom is -0.394 e. The zero-order chi connectivity index (χ0) is 20.9. The SMILES string of the molecule is Cc1nc(C(=O)NCc2ccncc2)cc(C2=NOC([C@H]3CO[C@H](CO)CO3)C2)n1. The molecule has 1 unspecified atom stereocenters. The highest BCUT2D eigenvalue weighted by atomic mass is 16.7. The molecule has 0 bridgehead atoms. The second kappa shape index (κ2) is 9.24.